The number of benzene rings is 1. The lowest BCUT2D eigenvalue weighted by Gasteiger charge is -2.14. The molecule has 3 nitrogen and oxygen atoms in total. The van der Waals surface area contributed by atoms with Crippen molar-refractivity contribution >= 4 is 30.0 Å². The topological polar surface area (TPSA) is 52.3 Å². The van der Waals surface area contributed by atoms with Gasteiger partial charge in [-0.3, -0.25) is 4.79 Å². The van der Waals surface area contributed by atoms with E-state index in [1.165, 1.54) is 7.11 Å². The van der Waals surface area contributed by atoms with Crippen molar-refractivity contribution in [1.29, 1.82) is 0 Å². The number of aryl methyl sites for hydroxylation is 1. The average molecular weight is 282 g/mol. The largest absolute Gasteiger partial charge is 0.469 e. The number of nitrogens with two attached hydrogens (primary N) is 1. The Kier molecular flexibility index (Phi) is 6.45. The first-order chi connectivity index (χ1) is 7.47. The Morgan fingerprint density at radius 3 is 2.71 bits per heavy atom. The summed E-state index contributed by atoms with van der Waals surface area (Å²) < 4.78 is 18.2. The SMILES string of the molecule is COC(=O)C[C@H](N)c1c(Cl)ccc(C)c1F.Cl. The summed E-state index contributed by atoms with van der Waals surface area (Å²) in [5.41, 5.74) is 6.32. The molecule has 0 saturated carbocycles. The van der Waals surface area contributed by atoms with Gasteiger partial charge in [-0.05, 0) is 18.6 Å². The molecule has 0 spiro atoms. The Balaban J connectivity index is 0.00000256. The molecule has 0 fully saturated rings. The van der Waals surface area contributed by atoms with E-state index in [0.717, 1.165) is 0 Å². The van der Waals surface area contributed by atoms with Gasteiger partial charge in [-0.25, -0.2) is 4.39 Å². The van der Waals surface area contributed by atoms with Crippen LogP contribution >= 0.6 is 24.0 Å². The minimum atomic E-state index is -0.792. The number of hydrogen-bond donors (Lipinski definition) is 1. The van der Waals surface area contributed by atoms with Gasteiger partial charge in [0, 0.05) is 16.6 Å². The molecular formula is C11H14Cl2FNO2. The fourth-order valence-electron chi connectivity index (χ4n) is 1.38. The summed E-state index contributed by atoms with van der Waals surface area (Å²) in [6.07, 6.45) is -0.101. The zero-order chi connectivity index (χ0) is 12.3. The lowest BCUT2D eigenvalue weighted by molar-refractivity contribution is -0.141. The number of hydrogen-bond acceptors (Lipinski definition) is 3. The van der Waals surface area contributed by atoms with Crippen LogP contribution in [-0.2, 0) is 9.53 Å². The lowest BCUT2D eigenvalue weighted by atomic mass is 10.0. The summed E-state index contributed by atoms with van der Waals surface area (Å²) in [7, 11) is 1.25. The lowest BCUT2D eigenvalue weighted by Crippen LogP contribution is -2.18. The summed E-state index contributed by atoms with van der Waals surface area (Å²) in [6.45, 7) is 1.61. The van der Waals surface area contributed by atoms with Crippen molar-refractivity contribution in [3.05, 3.63) is 34.1 Å². The molecule has 1 rings (SSSR count). The molecule has 0 aliphatic rings. The van der Waals surface area contributed by atoms with Crippen LogP contribution in [0.2, 0.25) is 5.02 Å². The van der Waals surface area contributed by atoms with Gasteiger partial charge < -0.3 is 10.5 Å². The van der Waals surface area contributed by atoms with Gasteiger partial charge >= 0.3 is 5.97 Å². The molecule has 1 atom stereocenters. The third-order valence-corrected chi connectivity index (χ3v) is 2.63. The molecule has 1 aromatic rings. The minimum Gasteiger partial charge on any atom is -0.469 e. The van der Waals surface area contributed by atoms with E-state index in [4.69, 9.17) is 17.3 Å². The van der Waals surface area contributed by atoms with Crippen LogP contribution in [0.15, 0.2) is 12.1 Å². The average Bonchev–Trinajstić information content (AvgIpc) is 2.24. The highest BCUT2D eigenvalue weighted by Crippen LogP contribution is 2.28. The van der Waals surface area contributed by atoms with E-state index < -0.39 is 17.8 Å². The summed E-state index contributed by atoms with van der Waals surface area (Å²) in [5, 5.41) is 0.222. The van der Waals surface area contributed by atoms with E-state index in [2.05, 4.69) is 4.74 Å². The standard InChI is InChI=1S/C11H13ClFNO2.ClH/c1-6-3-4-7(12)10(11(6)13)8(14)5-9(15)16-2;/h3-4,8H,5,14H2,1-2H3;1H/t8-;/m0./s1. The maximum absolute atomic E-state index is 13.8. The second-order valence-electron chi connectivity index (χ2n) is 3.48. The van der Waals surface area contributed by atoms with Gasteiger partial charge in [-0.15, -0.1) is 12.4 Å². The van der Waals surface area contributed by atoms with Crippen molar-refractivity contribution < 1.29 is 13.9 Å². The van der Waals surface area contributed by atoms with Gasteiger partial charge in [0.25, 0.3) is 0 Å². The molecule has 0 amide bonds. The molecule has 0 saturated heterocycles. The number of methoxy groups -OCH3 is 1. The van der Waals surface area contributed by atoms with Crippen molar-refractivity contribution in [1.82, 2.24) is 0 Å². The molecular weight excluding hydrogens is 268 g/mol. The highest BCUT2D eigenvalue weighted by Gasteiger charge is 2.20. The van der Waals surface area contributed by atoms with E-state index >= 15 is 0 Å². The molecule has 0 aromatic heterocycles. The zero-order valence-electron chi connectivity index (χ0n) is 9.50. The molecule has 0 aliphatic heterocycles. The first-order valence-corrected chi connectivity index (χ1v) is 5.12. The van der Waals surface area contributed by atoms with Gasteiger partial charge in [0.05, 0.1) is 13.5 Å². The maximum Gasteiger partial charge on any atom is 0.307 e. The molecule has 0 bridgehead atoms. The summed E-state index contributed by atoms with van der Waals surface area (Å²) in [5.74, 6) is -0.964. The minimum absolute atomic E-state index is 0. The number of carbonyl (C=O) groups excluding carboxylic acids is 1. The van der Waals surface area contributed by atoms with Gasteiger partial charge in [0.1, 0.15) is 5.82 Å². The Morgan fingerprint density at radius 2 is 2.18 bits per heavy atom. The second kappa shape index (κ2) is 6.79. The van der Waals surface area contributed by atoms with E-state index in [9.17, 15) is 9.18 Å². The monoisotopic (exact) mass is 281 g/mol. The number of ether oxygens (including phenoxy) is 1. The highest BCUT2D eigenvalue weighted by molar-refractivity contribution is 6.31. The predicted octanol–water partition coefficient (Wildman–Crippen LogP) is 2.77. The molecule has 0 unspecified atom stereocenters. The number of rotatable bonds is 3. The molecule has 0 radical (unpaired) electrons. The smallest absolute Gasteiger partial charge is 0.307 e. The van der Waals surface area contributed by atoms with Crippen molar-refractivity contribution in [3.8, 4) is 0 Å². The number of esters is 1. The second-order valence-corrected chi connectivity index (χ2v) is 3.89. The molecule has 0 heterocycles. The zero-order valence-corrected chi connectivity index (χ0v) is 11.1. The van der Waals surface area contributed by atoms with Crippen LogP contribution in [0.1, 0.15) is 23.6 Å². The van der Waals surface area contributed by atoms with Gasteiger partial charge in [-0.2, -0.15) is 0 Å². The van der Waals surface area contributed by atoms with E-state index in [1.54, 1.807) is 19.1 Å². The predicted molar refractivity (Wildman–Crippen MR) is 67.0 cm³/mol. The van der Waals surface area contributed by atoms with Crippen LogP contribution in [0, 0.1) is 12.7 Å². The van der Waals surface area contributed by atoms with Crippen LogP contribution in [0.3, 0.4) is 0 Å². The molecule has 96 valence electrons. The normalized spacial score (nSPS) is 11.6. The third kappa shape index (κ3) is 3.84. The summed E-state index contributed by atoms with van der Waals surface area (Å²) in [6, 6.07) is 2.33. The first-order valence-electron chi connectivity index (χ1n) is 4.74. The third-order valence-electron chi connectivity index (χ3n) is 2.30. The van der Waals surface area contributed by atoms with Crippen molar-refractivity contribution in [2.24, 2.45) is 5.73 Å². The van der Waals surface area contributed by atoms with E-state index in [1.807, 2.05) is 0 Å². The number of carbonyl (C=O) groups is 1. The highest BCUT2D eigenvalue weighted by atomic mass is 35.5. The van der Waals surface area contributed by atoms with Gasteiger partial charge in [0.15, 0.2) is 0 Å². The Bertz CT molecular complexity index is 413. The van der Waals surface area contributed by atoms with Crippen LogP contribution in [0.4, 0.5) is 4.39 Å². The summed E-state index contributed by atoms with van der Waals surface area (Å²) >= 11 is 5.85. The Hall–Kier alpha value is -0.840. The van der Waals surface area contributed by atoms with Gasteiger partial charge in [0.2, 0.25) is 0 Å². The van der Waals surface area contributed by atoms with E-state index in [0.29, 0.717) is 5.56 Å². The molecule has 6 heteroatoms. The van der Waals surface area contributed by atoms with Crippen LogP contribution in [0.5, 0.6) is 0 Å². The van der Waals surface area contributed by atoms with Crippen LogP contribution < -0.4 is 5.73 Å². The molecule has 2 N–H and O–H groups in total. The Morgan fingerprint density at radius 1 is 1.59 bits per heavy atom. The Labute approximate surface area is 110 Å². The van der Waals surface area contributed by atoms with Crippen molar-refractivity contribution in [3.63, 3.8) is 0 Å². The number of halogens is 3. The summed E-state index contributed by atoms with van der Waals surface area (Å²) in [4.78, 5) is 11.0. The quantitative estimate of drug-likeness (QED) is 0.867. The molecule has 1 aromatic carbocycles. The maximum atomic E-state index is 13.8. The van der Waals surface area contributed by atoms with Crippen LogP contribution in [0.25, 0.3) is 0 Å². The first kappa shape index (κ1) is 16.2. The van der Waals surface area contributed by atoms with Crippen molar-refractivity contribution in [2.45, 2.75) is 19.4 Å². The van der Waals surface area contributed by atoms with Crippen LogP contribution in [-0.4, -0.2) is 13.1 Å². The van der Waals surface area contributed by atoms with Crippen molar-refractivity contribution in [2.75, 3.05) is 7.11 Å². The van der Waals surface area contributed by atoms with E-state index in [-0.39, 0.29) is 29.4 Å². The fourth-order valence-corrected chi connectivity index (χ4v) is 1.67. The molecule has 0 aliphatic carbocycles. The fraction of sp³-hybridized carbons (Fsp3) is 0.364. The molecule has 17 heavy (non-hydrogen) atoms. The van der Waals surface area contributed by atoms with Gasteiger partial charge in [-0.1, -0.05) is 17.7 Å².